The summed E-state index contributed by atoms with van der Waals surface area (Å²) in [6.07, 6.45) is -0.190. The summed E-state index contributed by atoms with van der Waals surface area (Å²) in [4.78, 5) is 2.38. The van der Waals surface area contributed by atoms with Gasteiger partial charge in [-0.05, 0) is 23.3 Å². The molecule has 0 aliphatic carbocycles. The molecule has 1 saturated heterocycles. The van der Waals surface area contributed by atoms with Crippen LogP contribution in [0.5, 0.6) is 5.75 Å². The first-order valence-electron chi connectivity index (χ1n) is 7.96. The summed E-state index contributed by atoms with van der Waals surface area (Å²) in [7, 11) is 1.67. The van der Waals surface area contributed by atoms with Crippen molar-refractivity contribution in [2.75, 3.05) is 26.9 Å². The molecule has 2 atom stereocenters. The fourth-order valence-corrected chi connectivity index (χ4v) is 3.16. The van der Waals surface area contributed by atoms with Crippen molar-refractivity contribution < 1.29 is 14.6 Å². The van der Waals surface area contributed by atoms with Crippen molar-refractivity contribution in [3.63, 3.8) is 0 Å². The third kappa shape index (κ3) is 3.72. The van der Waals surface area contributed by atoms with Crippen molar-refractivity contribution in [3.05, 3.63) is 65.7 Å². The van der Waals surface area contributed by atoms with E-state index >= 15 is 0 Å². The number of methoxy groups -OCH3 is 1. The van der Waals surface area contributed by atoms with Crippen molar-refractivity contribution in [1.82, 2.24) is 4.90 Å². The second-order valence-electron chi connectivity index (χ2n) is 5.77. The summed E-state index contributed by atoms with van der Waals surface area (Å²) in [6, 6.07) is 18.5. The van der Waals surface area contributed by atoms with E-state index < -0.39 is 0 Å². The minimum atomic E-state index is -0.190. The Balaban J connectivity index is 1.82. The first kappa shape index (κ1) is 16.0. The number of rotatable bonds is 5. The van der Waals surface area contributed by atoms with Gasteiger partial charge in [-0.15, -0.1) is 0 Å². The minimum Gasteiger partial charge on any atom is -0.497 e. The lowest BCUT2D eigenvalue weighted by atomic mass is 9.97. The molecule has 1 fully saturated rings. The van der Waals surface area contributed by atoms with Crippen LogP contribution in [0.15, 0.2) is 54.6 Å². The van der Waals surface area contributed by atoms with E-state index in [1.165, 1.54) is 11.1 Å². The summed E-state index contributed by atoms with van der Waals surface area (Å²) >= 11 is 0. The summed E-state index contributed by atoms with van der Waals surface area (Å²) < 4.78 is 11.0. The van der Waals surface area contributed by atoms with Crippen LogP contribution in [0, 0.1) is 0 Å². The van der Waals surface area contributed by atoms with Gasteiger partial charge in [0.1, 0.15) is 11.9 Å². The molecule has 0 saturated carbocycles. The van der Waals surface area contributed by atoms with E-state index in [1.54, 1.807) is 7.11 Å². The van der Waals surface area contributed by atoms with Crippen molar-refractivity contribution in [2.24, 2.45) is 0 Å². The summed E-state index contributed by atoms with van der Waals surface area (Å²) in [5.74, 6) is 0.864. The van der Waals surface area contributed by atoms with Gasteiger partial charge >= 0.3 is 0 Å². The van der Waals surface area contributed by atoms with Gasteiger partial charge in [0.25, 0.3) is 0 Å². The number of morpholine rings is 1. The standard InChI is InChI=1S/C19H23NO3/c1-22-17-9-7-15(8-10-17)13-20-11-12-23-18(14-21)19(20)16-5-3-2-4-6-16/h2-10,18-19,21H,11-14H2,1H3/t18-,19-/m1/s1. The van der Waals surface area contributed by atoms with Gasteiger partial charge in [0.2, 0.25) is 0 Å². The minimum absolute atomic E-state index is 0.0265. The lowest BCUT2D eigenvalue weighted by Gasteiger charge is -2.41. The molecule has 4 nitrogen and oxygen atoms in total. The van der Waals surface area contributed by atoms with Crippen LogP contribution in [0.2, 0.25) is 0 Å². The molecule has 0 unspecified atom stereocenters. The molecule has 0 radical (unpaired) electrons. The van der Waals surface area contributed by atoms with Crippen LogP contribution in [0.25, 0.3) is 0 Å². The highest BCUT2D eigenvalue weighted by atomic mass is 16.5. The predicted octanol–water partition coefficient (Wildman–Crippen LogP) is 2.63. The van der Waals surface area contributed by atoms with E-state index in [1.807, 2.05) is 30.3 Å². The fraction of sp³-hybridized carbons (Fsp3) is 0.368. The maximum atomic E-state index is 9.71. The van der Waals surface area contributed by atoms with Gasteiger partial charge < -0.3 is 14.6 Å². The van der Waals surface area contributed by atoms with Crippen LogP contribution >= 0.6 is 0 Å². The summed E-state index contributed by atoms with van der Waals surface area (Å²) in [6.45, 7) is 2.34. The lowest BCUT2D eigenvalue weighted by Crippen LogP contribution is -2.46. The molecule has 1 aliphatic rings. The van der Waals surface area contributed by atoms with Crippen molar-refractivity contribution >= 4 is 0 Å². The normalized spacial score (nSPS) is 22.0. The number of ether oxygens (including phenoxy) is 2. The molecule has 4 heteroatoms. The third-order valence-electron chi connectivity index (χ3n) is 4.32. The number of nitrogens with zero attached hydrogens (tertiary/aromatic N) is 1. The number of aliphatic hydroxyl groups excluding tert-OH is 1. The quantitative estimate of drug-likeness (QED) is 0.921. The molecule has 0 amide bonds. The molecule has 122 valence electrons. The zero-order valence-electron chi connectivity index (χ0n) is 13.4. The van der Waals surface area contributed by atoms with Crippen LogP contribution in [-0.4, -0.2) is 43.0 Å². The van der Waals surface area contributed by atoms with Crippen LogP contribution in [0.4, 0.5) is 0 Å². The highest BCUT2D eigenvalue weighted by molar-refractivity contribution is 5.28. The number of benzene rings is 2. The molecular weight excluding hydrogens is 290 g/mol. The van der Waals surface area contributed by atoms with E-state index in [9.17, 15) is 5.11 Å². The van der Waals surface area contributed by atoms with E-state index in [0.29, 0.717) is 6.61 Å². The van der Waals surface area contributed by atoms with Gasteiger partial charge in [-0.25, -0.2) is 0 Å². The van der Waals surface area contributed by atoms with Crippen molar-refractivity contribution in [2.45, 2.75) is 18.7 Å². The number of aliphatic hydroxyl groups is 1. The van der Waals surface area contributed by atoms with Crippen LogP contribution in [-0.2, 0) is 11.3 Å². The van der Waals surface area contributed by atoms with E-state index in [-0.39, 0.29) is 18.8 Å². The van der Waals surface area contributed by atoms with Gasteiger partial charge in [0.05, 0.1) is 26.4 Å². The zero-order chi connectivity index (χ0) is 16.1. The van der Waals surface area contributed by atoms with Crippen molar-refractivity contribution in [3.8, 4) is 5.75 Å². The highest BCUT2D eigenvalue weighted by Crippen LogP contribution is 2.31. The first-order chi connectivity index (χ1) is 11.3. The maximum absolute atomic E-state index is 9.71. The predicted molar refractivity (Wildman–Crippen MR) is 89.4 cm³/mol. The Morgan fingerprint density at radius 1 is 1.13 bits per heavy atom. The third-order valence-corrected chi connectivity index (χ3v) is 4.32. The average Bonchev–Trinajstić information content (AvgIpc) is 2.63. The zero-order valence-corrected chi connectivity index (χ0v) is 13.4. The summed E-state index contributed by atoms with van der Waals surface area (Å²) in [5, 5.41) is 9.71. The first-order valence-corrected chi connectivity index (χ1v) is 7.96. The van der Waals surface area contributed by atoms with Gasteiger partial charge in [0, 0.05) is 13.1 Å². The summed E-state index contributed by atoms with van der Waals surface area (Å²) in [5.41, 5.74) is 2.41. The molecule has 2 aromatic carbocycles. The maximum Gasteiger partial charge on any atom is 0.118 e. The average molecular weight is 313 g/mol. The molecule has 23 heavy (non-hydrogen) atoms. The molecule has 1 heterocycles. The molecular formula is C19H23NO3. The van der Waals surface area contributed by atoms with E-state index in [4.69, 9.17) is 9.47 Å². The Kier molecular flexibility index (Phi) is 5.28. The van der Waals surface area contributed by atoms with Crippen LogP contribution < -0.4 is 4.74 Å². The lowest BCUT2D eigenvalue weighted by molar-refractivity contribution is -0.0960. The number of hydrogen-bond donors (Lipinski definition) is 1. The number of hydrogen-bond acceptors (Lipinski definition) is 4. The van der Waals surface area contributed by atoms with Gasteiger partial charge in [-0.3, -0.25) is 4.90 Å². The van der Waals surface area contributed by atoms with Gasteiger partial charge in [-0.2, -0.15) is 0 Å². The van der Waals surface area contributed by atoms with Crippen LogP contribution in [0.1, 0.15) is 17.2 Å². The molecule has 1 N–H and O–H groups in total. The Labute approximate surface area is 137 Å². The highest BCUT2D eigenvalue weighted by Gasteiger charge is 2.33. The van der Waals surface area contributed by atoms with E-state index in [0.717, 1.165) is 18.8 Å². The Morgan fingerprint density at radius 3 is 2.52 bits per heavy atom. The fourth-order valence-electron chi connectivity index (χ4n) is 3.16. The Bertz CT molecular complexity index is 600. The molecule has 0 bridgehead atoms. The van der Waals surface area contributed by atoms with Gasteiger partial charge in [0.15, 0.2) is 0 Å². The second-order valence-corrected chi connectivity index (χ2v) is 5.77. The molecule has 0 spiro atoms. The molecule has 3 rings (SSSR count). The Hall–Kier alpha value is -1.88. The molecule has 1 aliphatic heterocycles. The Morgan fingerprint density at radius 2 is 1.87 bits per heavy atom. The molecule has 2 aromatic rings. The van der Waals surface area contributed by atoms with Crippen LogP contribution in [0.3, 0.4) is 0 Å². The largest absolute Gasteiger partial charge is 0.497 e. The van der Waals surface area contributed by atoms with Gasteiger partial charge in [-0.1, -0.05) is 42.5 Å². The van der Waals surface area contributed by atoms with E-state index in [2.05, 4.69) is 29.2 Å². The monoisotopic (exact) mass is 313 g/mol. The SMILES string of the molecule is COc1ccc(CN2CCO[C@H](CO)[C@H]2c2ccccc2)cc1. The topological polar surface area (TPSA) is 41.9 Å². The van der Waals surface area contributed by atoms with Crippen molar-refractivity contribution in [1.29, 1.82) is 0 Å². The molecule has 0 aromatic heterocycles. The smallest absolute Gasteiger partial charge is 0.118 e. The second kappa shape index (κ2) is 7.59.